The molecule has 0 aliphatic carbocycles. The first-order chi connectivity index (χ1) is 6.70. The minimum absolute atomic E-state index is 0.836. The molecule has 0 aliphatic rings. The van der Waals surface area contributed by atoms with E-state index in [1.165, 1.54) is 0 Å². The van der Waals surface area contributed by atoms with E-state index < -0.39 is 0 Å². The standard InChI is InChI=1S/C10H12N2.C2H6/c1-9(2)5-6-10(3)12-8-4-7-11-12;1-2/h4-8H,1,3H2,2H3;1-2H3/b6-5-;. The summed E-state index contributed by atoms with van der Waals surface area (Å²) in [5, 5.41) is 4.03. The van der Waals surface area contributed by atoms with Gasteiger partial charge in [-0.25, -0.2) is 4.68 Å². The maximum Gasteiger partial charge on any atom is 0.0573 e. The third-order valence-electron chi connectivity index (χ3n) is 1.36. The van der Waals surface area contributed by atoms with E-state index in [1.807, 2.05) is 45.2 Å². The van der Waals surface area contributed by atoms with Crippen molar-refractivity contribution in [3.05, 3.63) is 49.3 Å². The second kappa shape index (κ2) is 6.89. The molecular weight excluding hydrogens is 172 g/mol. The maximum absolute atomic E-state index is 4.03. The van der Waals surface area contributed by atoms with Crippen molar-refractivity contribution in [3.63, 3.8) is 0 Å². The molecule has 76 valence electrons. The van der Waals surface area contributed by atoms with Gasteiger partial charge >= 0.3 is 0 Å². The van der Waals surface area contributed by atoms with Crippen molar-refractivity contribution < 1.29 is 0 Å². The zero-order chi connectivity index (χ0) is 11.0. The SMILES string of the molecule is C=C(C)/C=C\C(=C)n1cccn1.CC. The van der Waals surface area contributed by atoms with Gasteiger partial charge in [-0.05, 0) is 19.1 Å². The van der Waals surface area contributed by atoms with Crippen molar-refractivity contribution in [1.29, 1.82) is 0 Å². The lowest BCUT2D eigenvalue weighted by molar-refractivity contribution is 0.912. The van der Waals surface area contributed by atoms with E-state index in [0.717, 1.165) is 11.3 Å². The number of hydrogen-bond donors (Lipinski definition) is 0. The summed E-state index contributed by atoms with van der Waals surface area (Å²) in [6, 6.07) is 1.86. The smallest absolute Gasteiger partial charge is 0.0573 e. The molecule has 0 N–H and O–H groups in total. The molecule has 0 amide bonds. The van der Waals surface area contributed by atoms with Crippen LogP contribution in [0.4, 0.5) is 0 Å². The summed E-state index contributed by atoms with van der Waals surface area (Å²) in [6.45, 7) is 13.5. The fourth-order valence-electron chi connectivity index (χ4n) is 0.754. The number of aromatic nitrogens is 2. The molecule has 1 heterocycles. The Morgan fingerprint density at radius 3 is 2.36 bits per heavy atom. The average molecular weight is 190 g/mol. The Labute approximate surface area is 86.3 Å². The fourth-order valence-corrected chi connectivity index (χ4v) is 0.754. The van der Waals surface area contributed by atoms with Gasteiger partial charge in [-0.1, -0.05) is 38.7 Å². The fraction of sp³-hybridized carbons (Fsp3) is 0.250. The molecule has 1 aromatic rings. The zero-order valence-corrected chi connectivity index (χ0v) is 9.20. The van der Waals surface area contributed by atoms with Crippen molar-refractivity contribution >= 4 is 5.70 Å². The highest BCUT2D eigenvalue weighted by molar-refractivity contribution is 5.54. The number of allylic oxidation sites excluding steroid dienone is 4. The highest BCUT2D eigenvalue weighted by Crippen LogP contribution is 2.02. The summed E-state index contributed by atoms with van der Waals surface area (Å²) >= 11 is 0. The topological polar surface area (TPSA) is 17.8 Å². The summed E-state index contributed by atoms with van der Waals surface area (Å²) in [5.74, 6) is 0. The van der Waals surface area contributed by atoms with Gasteiger partial charge in [0, 0.05) is 12.4 Å². The van der Waals surface area contributed by atoms with E-state index in [1.54, 1.807) is 10.9 Å². The Bertz CT molecular complexity index is 305. The molecule has 0 unspecified atom stereocenters. The largest absolute Gasteiger partial charge is 0.242 e. The van der Waals surface area contributed by atoms with Crippen LogP contribution in [0, 0.1) is 0 Å². The molecule has 1 rings (SSSR count). The molecular formula is C12H18N2. The molecule has 2 heteroatoms. The lowest BCUT2D eigenvalue weighted by Crippen LogP contribution is -1.92. The molecule has 0 aromatic carbocycles. The van der Waals surface area contributed by atoms with Gasteiger partial charge in [0.2, 0.25) is 0 Å². The Morgan fingerprint density at radius 2 is 1.93 bits per heavy atom. The van der Waals surface area contributed by atoms with Crippen LogP contribution >= 0.6 is 0 Å². The summed E-state index contributed by atoms with van der Waals surface area (Å²) in [6.07, 6.45) is 7.37. The predicted octanol–water partition coefficient (Wildman–Crippen LogP) is 3.51. The van der Waals surface area contributed by atoms with Gasteiger partial charge in [-0.2, -0.15) is 5.10 Å². The van der Waals surface area contributed by atoms with Crippen molar-refractivity contribution in [2.75, 3.05) is 0 Å². The van der Waals surface area contributed by atoms with Crippen LogP contribution in [-0.4, -0.2) is 9.78 Å². The van der Waals surface area contributed by atoms with E-state index >= 15 is 0 Å². The zero-order valence-electron chi connectivity index (χ0n) is 9.20. The van der Waals surface area contributed by atoms with Gasteiger partial charge in [0.1, 0.15) is 0 Å². The first kappa shape index (κ1) is 12.4. The first-order valence-electron chi connectivity index (χ1n) is 4.72. The van der Waals surface area contributed by atoms with Gasteiger partial charge in [0.05, 0.1) is 5.70 Å². The average Bonchev–Trinajstić information content (AvgIpc) is 2.70. The molecule has 0 radical (unpaired) electrons. The van der Waals surface area contributed by atoms with Crippen molar-refractivity contribution in [3.8, 4) is 0 Å². The molecule has 2 nitrogen and oxygen atoms in total. The summed E-state index contributed by atoms with van der Waals surface area (Å²) in [7, 11) is 0. The number of hydrogen-bond acceptors (Lipinski definition) is 1. The van der Waals surface area contributed by atoms with Crippen molar-refractivity contribution in [2.24, 2.45) is 0 Å². The molecule has 0 fully saturated rings. The highest BCUT2D eigenvalue weighted by atomic mass is 15.3. The molecule has 0 saturated carbocycles. The Kier molecular flexibility index (Phi) is 6.12. The summed E-state index contributed by atoms with van der Waals surface area (Å²) in [4.78, 5) is 0. The van der Waals surface area contributed by atoms with Crippen LogP contribution in [0.2, 0.25) is 0 Å². The van der Waals surface area contributed by atoms with Gasteiger partial charge in [-0.15, -0.1) is 0 Å². The summed E-state index contributed by atoms with van der Waals surface area (Å²) in [5.41, 5.74) is 1.84. The number of rotatable bonds is 3. The third-order valence-corrected chi connectivity index (χ3v) is 1.36. The molecule has 0 bridgehead atoms. The molecule has 14 heavy (non-hydrogen) atoms. The van der Waals surface area contributed by atoms with Crippen LogP contribution < -0.4 is 0 Å². The lowest BCUT2D eigenvalue weighted by atomic mass is 10.3. The molecule has 0 atom stereocenters. The van der Waals surface area contributed by atoms with Crippen LogP contribution in [0.1, 0.15) is 20.8 Å². The van der Waals surface area contributed by atoms with Crippen LogP contribution in [-0.2, 0) is 0 Å². The van der Waals surface area contributed by atoms with E-state index in [2.05, 4.69) is 18.3 Å². The van der Waals surface area contributed by atoms with E-state index in [4.69, 9.17) is 0 Å². The summed E-state index contributed by atoms with van der Waals surface area (Å²) < 4.78 is 1.71. The molecule has 0 aliphatic heterocycles. The van der Waals surface area contributed by atoms with Crippen LogP contribution in [0.25, 0.3) is 5.70 Å². The highest BCUT2D eigenvalue weighted by Gasteiger charge is 1.89. The van der Waals surface area contributed by atoms with Gasteiger partial charge in [0.25, 0.3) is 0 Å². The second-order valence-electron chi connectivity index (χ2n) is 2.62. The molecule has 0 spiro atoms. The van der Waals surface area contributed by atoms with Crippen molar-refractivity contribution in [2.45, 2.75) is 20.8 Å². The second-order valence-corrected chi connectivity index (χ2v) is 2.62. The van der Waals surface area contributed by atoms with Gasteiger partial charge in [-0.3, -0.25) is 0 Å². The quantitative estimate of drug-likeness (QED) is 0.667. The lowest BCUT2D eigenvalue weighted by Gasteiger charge is -1.97. The minimum atomic E-state index is 0.836. The molecule has 0 saturated heterocycles. The maximum atomic E-state index is 4.03. The minimum Gasteiger partial charge on any atom is -0.242 e. The Hall–Kier alpha value is -1.57. The first-order valence-corrected chi connectivity index (χ1v) is 4.72. The van der Waals surface area contributed by atoms with Crippen molar-refractivity contribution in [1.82, 2.24) is 9.78 Å². The van der Waals surface area contributed by atoms with E-state index in [9.17, 15) is 0 Å². The molecule has 1 aromatic heterocycles. The predicted molar refractivity (Wildman–Crippen MR) is 62.9 cm³/mol. The normalized spacial score (nSPS) is 9.36. The Morgan fingerprint density at radius 1 is 1.29 bits per heavy atom. The third kappa shape index (κ3) is 4.45. The Balaban J connectivity index is 0.000000791. The van der Waals surface area contributed by atoms with Gasteiger partial charge < -0.3 is 0 Å². The van der Waals surface area contributed by atoms with Gasteiger partial charge in [0.15, 0.2) is 0 Å². The van der Waals surface area contributed by atoms with E-state index in [-0.39, 0.29) is 0 Å². The van der Waals surface area contributed by atoms with Crippen LogP contribution in [0.15, 0.2) is 49.3 Å². The van der Waals surface area contributed by atoms with E-state index in [0.29, 0.717) is 0 Å². The number of nitrogens with zero attached hydrogens (tertiary/aromatic N) is 2. The van der Waals surface area contributed by atoms with Crippen LogP contribution in [0.5, 0.6) is 0 Å². The monoisotopic (exact) mass is 190 g/mol. The van der Waals surface area contributed by atoms with Crippen LogP contribution in [0.3, 0.4) is 0 Å².